The molecule has 0 saturated carbocycles. The predicted molar refractivity (Wildman–Crippen MR) is 75.9 cm³/mol. The summed E-state index contributed by atoms with van der Waals surface area (Å²) >= 11 is 6.01. The van der Waals surface area contributed by atoms with Gasteiger partial charge in [0.15, 0.2) is 0 Å². The number of thiocarbonyl (C=S) groups is 1. The first-order valence-electron chi connectivity index (χ1n) is 5.63. The van der Waals surface area contributed by atoms with Gasteiger partial charge in [-0.05, 0) is 30.7 Å². The van der Waals surface area contributed by atoms with Gasteiger partial charge in [0.2, 0.25) is 0 Å². The number of aliphatic carboxylic acids is 1. The monoisotopic (exact) mass is 310 g/mol. The second-order valence-electron chi connectivity index (χ2n) is 4.10. The third-order valence-corrected chi connectivity index (χ3v) is 4.05. The number of amides is 1. The van der Waals surface area contributed by atoms with Crippen molar-refractivity contribution >= 4 is 46.3 Å². The fourth-order valence-electron chi connectivity index (χ4n) is 1.63. The summed E-state index contributed by atoms with van der Waals surface area (Å²) < 4.78 is 13.0. The van der Waals surface area contributed by atoms with Crippen LogP contribution in [-0.2, 0) is 9.59 Å². The molecular weight excluding hydrogens is 301 g/mol. The molecule has 2 rings (SSSR count). The molecule has 1 aromatic carbocycles. The van der Waals surface area contributed by atoms with Crippen molar-refractivity contribution in [2.75, 3.05) is 0 Å². The van der Waals surface area contributed by atoms with E-state index in [1.807, 2.05) is 0 Å². The summed E-state index contributed by atoms with van der Waals surface area (Å²) in [6.45, 7) is 1.33. The van der Waals surface area contributed by atoms with Crippen molar-refractivity contribution in [2.45, 2.75) is 13.0 Å². The Labute approximate surface area is 124 Å². The molecular formula is C13H9FNO3S2-. The van der Waals surface area contributed by atoms with Crippen LogP contribution in [0.15, 0.2) is 29.2 Å². The summed E-state index contributed by atoms with van der Waals surface area (Å²) in [4.78, 5) is 24.3. The maximum absolute atomic E-state index is 12.8. The molecule has 1 saturated heterocycles. The lowest BCUT2D eigenvalue weighted by Crippen LogP contribution is -2.48. The maximum Gasteiger partial charge on any atom is 0.266 e. The molecule has 104 valence electrons. The van der Waals surface area contributed by atoms with E-state index in [0.29, 0.717) is 10.5 Å². The number of halogens is 1. The molecule has 1 fully saturated rings. The fraction of sp³-hybridized carbons (Fsp3) is 0.154. The van der Waals surface area contributed by atoms with Crippen molar-refractivity contribution in [3.8, 4) is 0 Å². The lowest BCUT2D eigenvalue weighted by Gasteiger charge is -2.23. The van der Waals surface area contributed by atoms with E-state index in [1.165, 1.54) is 31.2 Å². The van der Waals surface area contributed by atoms with Crippen LogP contribution in [0.3, 0.4) is 0 Å². The summed E-state index contributed by atoms with van der Waals surface area (Å²) in [6.07, 6.45) is 1.54. The van der Waals surface area contributed by atoms with E-state index in [2.05, 4.69) is 0 Å². The Morgan fingerprint density at radius 2 is 2.05 bits per heavy atom. The van der Waals surface area contributed by atoms with Gasteiger partial charge in [0.05, 0.1) is 16.9 Å². The number of carbonyl (C=O) groups excluding carboxylic acids is 2. The molecule has 0 radical (unpaired) electrons. The average Bonchev–Trinajstić information content (AvgIpc) is 2.66. The van der Waals surface area contributed by atoms with Gasteiger partial charge < -0.3 is 9.90 Å². The van der Waals surface area contributed by atoms with Gasteiger partial charge in [0.1, 0.15) is 10.1 Å². The second kappa shape index (κ2) is 5.72. The van der Waals surface area contributed by atoms with Gasteiger partial charge in [-0.1, -0.05) is 36.1 Å². The zero-order chi connectivity index (χ0) is 14.9. The first-order valence-corrected chi connectivity index (χ1v) is 6.86. The number of carboxylic acid groups (broad SMARTS) is 1. The van der Waals surface area contributed by atoms with Crippen LogP contribution in [0.1, 0.15) is 12.5 Å². The minimum atomic E-state index is -1.37. The van der Waals surface area contributed by atoms with Crippen molar-refractivity contribution in [1.82, 2.24) is 4.90 Å². The molecule has 0 unspecified atom stereocenters. The number of hydrogen-bond acceptors (Lipinski definition) is 5. The molecule has 0 aromatic heterocycles. The molecule has 4 nitrogen and oxygen atoms in total. The number of nitrogens with zero attached hydrogens (tertiary/aromatic N) is 1. The van der Waals surface area contributed by atoms with Crippen LogP contribution in [-0.4, -0.2) is 27.1 Å². The molecule has 7 heteroatoms. The molecule has 1 aliphatic rings. The van der Waals surface area contributed by atoms with Crippen molar-refractivity contribution in [2.24, 2.45) is 0 Å². The molecule has 0 aliphatic carbocycles. The van der Waals surface area contributed by atoms with Crippen LogP contribution in [0.4, 0.5) is 4.39 Å². The van der Waals surface area contributed by atoms with Crippen LogP contribution >= 0.6 is 24.0 Å². The number of benzene rings is 1. The number of carboxylic acids is 1. The SMILES string of the molecule is C[C@@H](C(=O)[O-])N1C(=O)/C(=C\c2ccc(F)cc2)SC1=S. The van der Waals surface area contributed by atoms with Crippen molar-refractivity contribution in [1.29, 1.82) is 0 Å². The molecule has 1 aliphatic heterocycles. The van der Waals surface area contributed by atoms with E-state index in [4.69, 9.17) is 12.2 Å². The van der Waals surface area contributed by atoms with E-state index in [1.54, 1.807) is 6.08 Å². The van der Waals surface area contributed by atoms with Gasteiger partial charge in [0, 0.05) is 0 Å². The summed E-state index contributed by atoms with van der Waals surface area (Å²) in [5, 5.41) is 10.8. The predicted octanol–water partition coefficient (Wildman–Crippen LogP) is 1.17. The number of hydrogen-bond donors (Lipinski definition) is 0. The van der Waals surface area contributed by atoms with E-state index in [0.717, 1.165) is 16.7 Å². The molecule has 1 atom stereocenters. The molecule has 0 N–H and O–H groups in total. The zero-order valence-electron chi connectivity index (χ0n) is 10.3. The van der Waals surface area contributed by atoms with Crippen molar-refractivity contribution < 1.29 is 19.1 Å². The highest BCUT2D eigenvalue weighted by Crippen LogP contribution is 2.33. The normalized spacial score (nSPS) is 18.7. The topological polar surface area (TPSA) is 60.4 Å². The van der Waals surface area contributed by atoms with Crippen LogP contribution < -0.4 is 5.11 Å². The Hall–Kier alpha value is -1.73. The summed E-state index contributed by atoms with van der Waals surface area (Å²) in [6, 6.07) is 4.46. The maximum atomic E-state index is 12.8. The standard InChI is InChI=1S/C13H10FNO3S2/c1-7(12(17)18)15-11(16)10(20-13(15)19)6-8-2-4-9(14)5-3-8/h2-7H,1H3,(H,17,18)/p-1/b10-6+/t7-/m0/s1. The smallest absolute Gasteiger partial charge is 0.266 e. The molecule has 0 spiro atoms. The third-order valence-electron chi connectivity index (χ3n) is 2.72. The lowest BCUT2D eigenvalue weighted by atomic mass is 10.2. The molecule has 1 aromatic rings. The lowest BCUT2D eigenvalue weighted by molar-refractivity contribution is -0.309. The van der Waals surface area contributed by atoms with Gasteiger partial charge in [-0.15, -0.1) is 0 Å². The Balaban J connectivity index is 2.28. The van der Waals surface area contributed by atoms with E-state index in [9.17, 15) is 19.1 Å². The Kier molecular flexibility index (Phi) is 4.20. The number of carbonyl (C=O) groups is 2. The molecule has 1 heterocycles. The van der Waals surface area contributed by atoms with Crippen LogP contribution in [0.2, 0.25) is 0 Å². The fourth-order valence-corrected chi connectivity index (χ4v) is 3.05. The van der Waals surface area contributed by atoms with E-state index in [-0.39, 0.29) is 10.1 Å². The van der Waals surface area contributed by atoms with E-state index < -0.39 is 17.9 Å². The van der Waals surface area contributed by atoms with Crippen molar-refractivity contribution in [3.63, 3.8) is 0 Å². The van der Waals surface area contributed by atoms with Crippen LogP contribution in [0, 0.1) is 5.82 Å². The Morgan fingerprint density at radius 3 is 2.60 bits per heavy atom. The highest BCUT2D eigenvalue weighted by Gasteiger charge is 2.35. The quantitative estimate of drug-likeness (QED) is 0.619. The van der Waals surface area contributed by atoms with Gasteiger partial charge in [-0.25, -0.2) is 4.39 Å². The van der Waals surface area contributed by atoms with Gasteiger partial charge in [-0.3, -0.25) is 9.69 Å². The van der Waals surface area contributed by atoms with Gasteiger partial charge in [-0.2, -0.15) is 0 Å². The Bertz CT molecular complexity index is 613. The first kappa shape index (κ1) is 14.7. The van der Waals surface area contributed by atoms with E-state index >= 15 is 0 Å². The second-order valence-corrected chi connectivity index (χ2v) is 5.77. The largest absolute Gasteiger partial charge is 0.548 e. The zero-order valence-corrected chi connectivity index (χ0v) is 12.0. The number of thioether (sulfide) groups is 1. The molecule has 0 bridgehead atoms. The molecule has 1 amide bonds. The minimum absolute atomic E-state index is 0.167. The minimum Gasteiger partial charge on any atom is -0.548 e. The Morgan fingerprint density at radius 1 is 1.45 bits per heavy atom. The summed E-state index contributed by atoms with van der Waals surface area (Å²) in [7, 11) is 0. The third kappa shape index (κ3) is 2.88. The highest BCUT2D eigenvalue weighted by atomic mass is 32.2. The van der Waals surface area contributed by atoms with Crippen molar-refractivity contribution in [3.05, 3.63) is 40.6 Å². The highest BCUT2D eigenvalue weighted by molar-refractivity contribution is 8.26. The average molecular weight is 310 g/mol. The number of rotatable bonds is 3. The summed E-state index contributed by atoms with van der Waals surface area (Å²) in [5.41, 5.74) is 0.632. The van der Waals surface area contributed by atoms with Gasteiger partial charge in [0.25, 0.3) is 5.91 Å². The van der Waals surface area contributed by atoms with Crippen LogP contribution in [0.5, 0.6) is 0 Å². The van der Waals surface area contributed by atoms with Crippen LogP contribution in [0.25, 0.3) is 6.08 Å². The molecule has 20 heavy (non-hydrogen) atoms. The summed E-state index contributed by atoms with van der Waals surface area (Å²) in [5.74, 6) is -2.23. The van der Waals surface area contributed by atoms with Gasteiger partial charge >= 0.3 is 0 Å². The first-order chi connectivity index (χ1) is 9.40.